The van der Waals surface area contributed by atoms with Crippen LogP contribution in [0.15, 0.2) is 5.51 Å². The van der Waals surface area contributed by atoms with Crippen molar-refractivity contribution in [1.29, 1.82) is 0 Å². The fraction of sp³-hybridized carbons (Fsp3) is 0.750. The van der Waals surface area contributed by atoms with Gasteiger partial charge in [-0.15, -0.1) is 11.3 Å². The summed E-state index contributed by atoms with van der Waals surface area (Å²) in [5.41, 5.74) is 8.61. The summed E-state index contributed by atoms with van der Waals surface area (Å²) in [6.45, 7) is 4.50. The predicted molar refractivity (Wildman–Crippen MR) is 72.3 cm³/mol. The van der Waals surface area contributed by atoms with Crippen LogP contribution in [0.25, 0.3) is 0 Å². The van der Waals surface area contributed by atoms with Gasteiger partial charge in [0.05, 0.1) is 17.8 Å². The Kier molecular flexibility index (Phi) is 6.65. The lowest BCUT2D eigenvalue weighted by molar-refractivity contribution is 0.0966. The number of rotatable bonds is 8. The molecule has 1 aromatic heterocycles. The zero-order chi connectivity index (χ0) is 12.7. The van der Waals surface area contributed by atoms with Crippen molar-refractivity contribution in [2.24, 2.45) is 5.73 Å². The highest BCUT2D eigenvalue weighted by Crippen LogP contribution is 2.17. The largest absolute Gasteiger partial charge is 0.383 e. The van der Waals surface area contributed by atoms with Crippen LogP contribution in [0.5, 0.6) is 0 Å². The molecule has 0 saturated carbocycles. The van der Waals surface area contributed by atoms with Crippen molar-refractivity contribution in [2.75, 3.05) is 27.3 Å². The Balaban J connectivity index is 2.52. The highest BCUT2D eigenvalue weighted by atomic mass is 32.1. The standard InChI is InChI=1S/C12H23N3OS/c1-10-12(17-9-14-10)7-15(2)11(8-16-3)5-4-6-13/h9,11H,4-8,13H2,1-3H3. The minimum absolute atomic E-state index is 0.435. The van der Waals surface area contributed by atoms with Crippen molar-refractivity contribution in [2.45, 2.75) is 32.4 Å². The second-order valence-electron chi connectivity index (χ2n) is 4.32. The van der Waals surface area contributed by atoms with Crippen LogP contribution in [-0.2, 0) is 11.3 Å². The monoisotopic (exact) mass is 257 g/mol. The molecule has 1 atom stereocenters. The van der Waals surface area contributed by atoms with Crippen LogP contribution >= 0.6 is 11.3 Å². The maximum atomic E-state index is 5.57. The summed E-state index contributed by atoms with van der Waals surface area (Å²) >= 11 is 1.72. The van der Waals surface area contributed by atoms with E-state index in [0.29, 0.717) is 6.04 Å². The van der Waals surface area contributed by atoms with Crippen molar-refractivity contribution in [3.63, 3.8) is 0 Å². The Morgan fingerprint density at radius 3 is 2.88 bits per heavy atom. The summed E-state index contributed by atoms with van der Waals surface area (Å²) in [4.78, 5) is 7.95. The Labute approximate surface area is 108 Å². The van der Waals surface area contributed by atoms with Gasteiger partial charge in [0.25, 0.3) is 0 Å². The lowest BCUT2D eigenvalue weighted by Gasteiger charge is -2.27. The molecule has 98 valence electrons. The van der Waals surface area contributed by atoms with Gasteiger partial charge in [0.15, 0.2) is 0 Å². The molecule has 0 aliphatic rings. The third-order valence-corrected chi connectivity index (χ3v) is 3.88. The average molecular weight is 257 g/mol. The van der Waals surface area contributed by atoms with Gasteiger partial charge >= 0.3 is 0 Å². The molecule has 1 heterocycles. The number of nitrogens with two attached hydrogens (primary N) is 1. The molecule has 0 aliphatic heterocycles. The average Bonchev–Trinajstić information content (AvgIpc) is 2.70. The molecule has 0 bridgehead atoms. The molecule has 4 nitrogen and oxygen atoms in total. The van der Waals surface area contributed by atoms with E-state index in [1.54, 1.807) is 18.4 Å². The number of thiazole rings is 1. The van der Waals surface area contributed by atoms with Crippen molar-refractivity contribution < 1.29 is 4.74 Å². The molecule has 5 heteroatoms. The zero-order valence-corrected chi connectivity index (χ0v) is 11.8. The first-order valence-electron chi connectivity index (χ1n) is 5.97. The summed E-state index contributed by atoms with van der Waals surface area (Å²) in [6.07, 6.45) is 2.12. The third kappa shape index (κ3) is 4.71. The molecule has 0 aromatic carbocycles. The van der Waals surface area contributed by atoms with E-state index in [1.165, 1.54) is 4.88 Å². The summed E-state index contributed by atoms with van der Waals surface area (Å²) in [6, 6.07) is 0.435. The SMILES string of the molecule is COCC(CCCN)N(C)Cc1scnc1C. The van der Waals surface area contributed by atoms with E-state index in [-0.39, 0.29) is 0 Å². The van der Waals surface area contributed by atoms with E-state index in [4.69, 9.17) is 10.5 Å². The summed E-state index contributed by atoms with van der Waals surface area (Å²) < 4.78 is 5.28. The van der Waals surface area contributed by atoms with Gasteiger partial charge in [-0.1, -0.05) is 0 Å². The molecule has 0 aliphatic carbocycles. The van der Waals surface area contributed by atoms with E-state index in [0.717, 1.165) is 38.2 Å². The fourth-order valence-corrected chi connectivity index (χ4v) is 2.65. The van der Waals surface area contributed by atoms with E-state index >= 15 is 0 Å². The lowest BCUT2D eigenvalue weighted by Crippen LogP contribution is -2.35. The van der Waals surface area contributed by atoms with Gasteiger partial charge in [0, 0.05) is 24.6 Å². The molecule has 0 fully saturated rings. The van der Waals surface area contributed by atoms with Gasteiger partial charge in [-0.2, -0.15) is 0 Å². The zero-order valence-electron chi connectivity index (χ0n) is 11.0. The number of aromatic nitrogens is 1. The number of hydrogen-bond donors (Lipinski definition) is 1. The van der Waals surface area contributed by atoms with Gasteiger partial charge in [0.2, 0.25) is 0 Å². The van der Waals surface area contributed by atoms with Crippen LogP contribution in [-0.4, -0.2) is 43.2 Å². The van der Waals surface area contributed by atoms with Gasteiger partial charge in [-0.3, -0.25) is 4.90 Å². The molecule has 1 unspecified atom stereocenters. The maximum absolute atomic E-state index is 5.57. The highest BCUT2D eigenvalue weighted by molar-refractivity contribution is 7.09. The van der Waals surface area contributed by atoms with Gasteiger partial charge < -0.3 is 10.5 Å². The fourth-order valence-electron chi connectivity index (χ4n) is 1.81. The number of nitrogens with zero attached hydrogens (tertiary/aromatic N) is 2. The van der Waals surface area contributed by atoms with Crippen LogP contribution in [0, 0.1) is 6.92 Å². The first-order chi connectivity index (χ1) is 8.19. The van der Waals surface area contributed by atoms with Crippen LogP contribution in [0.2, 0.25) is 0 Å². The van der Waals surface area contributed by atoms with E-state index in [9.17, 15) is 0 Å². The van der Waals surface area contributed by atoms with Crippen LogP contribution < -0.4 is 5.73 Å². The molecule has 17 heavy (non-hydrogen) atoms. The first-order valence-corrected chi connectivity index (χ1v) is 6.85. The van der Waals surface area contributed by atoms with Crippen LogP contribution in [0.4, 0.5) is 0 Å². The first kappa shape index (κ1) is 14.6. The van der Waals surface area contributed by atoms with Crippen LogP contribution in [0.1, 0.15) is 23.4 Å². The normalized spacial score (nSPS) is 13.2. The van der Waals surface area contributed by atoms with Crippen molar-refractivity contribution in [3.8, 4) is 0 Å². The quantitative estimate of drug-likeness (QED) is 0.769. The third-order valence-electron chi connectivity index (χ3n) is 2.96. The molecule has 0 saturated heterocycles. The predicted octanol–water partition coefficient (Wildman–Crippen LogP) is 1.64. The maximum Gasteiger partial charge on any atom is 0.0798 e. The van der Waals surface area contributed by atoms with Crippen molar-refractivity contribution in [1.82, 2.24) is 9.88 Å². The van der Waals surface area contributed by atoms with Gasteiger partial charge in [-0.05, 0) is 33.4 Å². The molecule has 1 aromatic rings. The highest BCUT2D eigenvalue weighted by Gasteiger charge is 2.15. The van der Waals surface area contributed by atoms with E-state index < -0.39 is 0 Å². The minimum Gasteiger partial charge on any atom is -0.383 e. The number of methoxy groups -OCH3 is 1. The molecule has 1 rings (SSSR count). The number of ether oxygens (including phenoxy) is 1. The number of likely N-dealkylation sites (N-methyl/N-ethyl adjacent to an activating group) is 1. The number of aryl methyl sites for hydroxylation is 1. The summed E-state index contributed by atoms with van der Waals surface area (Å²) in [5, 5.41) is 0. The Bertz CT molecular complexity index is 316. The second kappa shape index (κ2) is 7.76. The summed E-state index contributed by atoms with van der Waals surface area (Å²) in [7, 11) is 3.89. The molecular formula is C12H23N3OS. The molecule has 0 radical (unpaired) electrons. The molecule has 0 spiro atoms. The van der Waals surface area contributed by atoms with E-state index in [1.807, 2.05) is 5.51 Å². The number of hydrogen-bond acceptors (Lipinski definition) is 5. The van der Waals surface area contributed by atoms with Crippen molar-refractivity contribution >= 4 is 11.3 Å². The topological polar surface area (TPSA) is 51.4 Å². The lowest BCUT2D eigenvalue weighted by atomic mass is 10.1. The second-order valence-corrected chi connectivity index (χ2v) is 5.26. The Morgan fingerprint density at radius 1 is 1.59 bits per heavy atom. The van der Waals surface area contributed by atoms with E-state index in [2.05, 4.69) is 23.9 Å². The summed E-state index contributed by atoms with van der Waals surface area (Å²) in [5.74, 6) is 0. The van der Waals surface area contributed by atoms with Gasteiger partial charge in [-0.25, -0.2) is 4.98 Å². The molecular weight excluding hydrogens is 234 g/mol. The smallest absolute Gasteiger partial charge is 0.0798 e. The van der Waals surface area contributed by atoms with Crippen LogP contribution in [0.3, 0.4) is 0 Å². The Morgan fingerprint density at radius 2 is 2.35 bits per heavy atom. The molecule has 2 N–H and O–H groups in total. The Hall–Kier alpha value is -0.490. The van der Waals surface area contributed by atoms with Crippen molar-refractivity contribution in [3.05, 3.63) is 16.1 Å². The minimum atomic E-state index is 0.435. The molecule has 0 amide bonds. The van der Waals surface area contributed by atoms with Gasteiger partial charge in [0.1, 0.15) is 0 Å².